The van der Waals surface area contributed by atoms with E-state index in [1.54, 1.807) is 6.07 Å². The zero-order valence-corrected chi connectivity index (χ0v) is 18.9. The van der Waals surface area contributed by atoms with Gasteiger partial charge in [-0.25, -0.2) is 0 Å². The molecule has 0 saturated heterocycles. The molecular weight excluding hydrogens is 380 g/mol. The first-order chi connectivity index (χ1) is 14.0. The molecule has 3 nitrogen and oxygen atoms in total. The first-order valence-electron chi connectivity index (χ1n) is 11.5. The molecule has 0 heterocycles. The molecule has 0 amide bonds. The second kappa shape index (κ2) is 13.0. The van der Waals surface area contributed by atoms with Crippen molar-refractivity contribution in [3.63, 3.8) is 0 Å². The Morgan fingerprint density at radius 1 is 0.690 bits per heavy atom. The lowest BCUT2D eigenvalue weighted by molar-refractivity contribution is 0.482. The SMILES string of the molecule is CCCCCCCCCCCCCCCc1ccc2ccccc2c1S(=O)(=O)O. The highest BCUT2D eigenvalue weighted by atomic mass is 32.2. The topological polar surface area (TPSA) is 54.4 Å². The van der Waals surface area contributed by atoms with Crippen molar-refractivity contribution < 1.29 is 13.0 Å². The summed E-state index contributed by atoms with van der Waals surface area (Å²) in [6.07, 6.45) is 17.5. The van der Waals surface area contributed by atoms with Crippen LogP contribution in [0.2, 0.25) is 0 Å². The summed E-state index contributed by atoms with van der Waals surface area (Å²) in [4.78, 5) is 0.0922. The van der Waals surface area contributed by atoms with Crippen LogP contribution in [0.4, 0.5) is 0 Å². The zero-order valence-electron chi connectivity index (χ0n) is 18.0. The second-order valence-corrected chi connectivity index (χ2v) is 9.60. The Morgan fingerprint density at radius 2 is 1.21 bits per heavy atom. The van der Waals surface area contributed by atoms with Gasteiger partial charge in [0, 0.05) is 5.39 Å². The van der Waals surface area contributed by atoms with Crippen LogP contribution in [0.5, 0.6) is 0 Å². The third-order valence-corrected chi connectivity index (χ3v) is 6.77. The molecule has 0 spiro atoms. The normalized spacial score (nSPS) is 11.9. The summed E-state index contributed by atoms with van der Waals surface area (Å²) in [7, 11) is -4.23. The average Bonchev–Trinajstić information content (AvgIpc) is 2.70. The van der Waals surface area contributed by atoms with Crippen molar-refractivity contribution in [2.24, 2.45) is 0 Å². The van der Waals surface area contributed by atoms with E-state index in [-0.39, 0.29) is 4.90 Å². The maximum absolute atomic E-state index is 12.0. The van der Waals surface area contributed by atoms with Gasteiger partial charge in [-0.3, -0.25) is 4.55 Å². The summed E-state index contributed by atoms with van der Waals surface area (Å²) in [5.74, 6) is 0. The molecule has 0 radical (unpaired) electrons. The van der Waals surface area contributed by atoms with E-state index in [0.29, 0.717) is 11.8 Å². The highest BCUT2D eigenvalue weighted by Gasteiger charge is 2.18. The molecule has 4 heteroatoms. The molecule has 0 aliphatic rings. The first-order valence-corrected chi connectivity index (χ1v) is 13.0. The molecule has 29 heavy (non-hydrogen) atoms. The van der Waals surface area contributed by atoms with Gasteiger partial charge in [-0.05, 0) is 23.8 Å². The van der Waals surface area contributed by atoms with Crippen molar-refractivity contribution in [1.82, 2.24) is 0 Å². The number of benzene rings is 2. The third kappa shape index (κ3) is 8.47. The lowest BCUT2D eigenvalue weighted by Crippen LogP contribution is -2.04. The summed E-state index contributed by atoms with van der Waals surface area (Å²) in [6, 6.07) is 11.1. The summed E-state index contributed by atoms with van der Waals surface area (Å²) in [6.45, 7) is 2.26. The van der Waals surface area contributed by atoms with Crippen molar-refractivity contribution in [2.45, 2.75) is 102 Å². The van der Waals surface area contributed by atoms with E-state index in [4.69, 9.17) is 0 Å². The molecule has 0 unspecified atom stereocenters. The van der Waals surface area contributed by atoms with Gasteiger partial charge < -0.3 is 0 Å². The molecule has 0 atom stereocenters. The van der Waals surface area contributed by atoms with E-state index in [1.165, 1.54) is 70.6 Å². The van der Waals surface area contributed by atoms with Crippen molar-refractivity contribution in [3.05, 3.63) is 42.0 Å². The zero-order chi connectivity index (χ0) is 21.0. The monoisotopic (exact) mass is 418 g/mol. The molecule has 2 rings (SSSR count). The highest BCUT2D eigenvalue weighted by Crippen LogP contribution is 2.28. The Kier molecular flexibility index (Phi) is 10.7. The van der Waals surface area contributed by atoms with Crippen LogP contribution in [0, 0.1) is 0 Å². The van der Waals surface area contributed by atoms with Crippen LogP contribution in [0.3, 0.4) is 0 Å². The van der Waals surface area contributed by atoms with E-state index in [2.05, 4.69) is 6.92 Å². The minimum atomic E-state index is -4.23. The Labute approximate surface area is 177 Å². The van der Waals surface area contributed by atoms with Gasteiger partial charge in [-0.1, -0.05) is 120 Å². The predicted molar refractivity (Wildman–Crippen MR) is 123 cm³/mol. The second-order valence-electron chi connectivity index (χ2n) is 8.24. The summed E-state index contributed by atoms with van der Waals surface area (Å²) < 4.78 is 33.7. The fourth-order valence-corrected chi connectivity index (χ4v) is 5.09. The van der Waals surface area contributed by atoms with Gasteiger partial charge in [0.2, 0.25) is 0 Å². The molecule has 162 valence electrons. The molecule has 0 fully saturated rings. The smallest absolute Gasteiger partial charge is 0.282 e. The average molecular weight is 419 g/mol. The molecule has 1 N–H and O–H groups in total. The fraction of sp³-hybridized carbons (Fsp3) is 0.600. The van der Waals surface area contributed by atoms with Gasteiger partial charge >= 0.3 is 0 Å². The van der Waals surface area contributed by atoms with E-state index in [1.807, 2.05) is 30.3 Å². The van der Waals surface area contributed by atoms with E-state index in [9.17, 15) is 13.0 Å². The maximum Gasteiger partial charge on any atom is 0.295 e. The van der Waals surface area contributed by atoms with Gasteiger partial charge in [0.1, 0.15) is 4.90 Å². The summed E-state index contributed by atoms with van der Waals surface area (Å²) in [5, 5.41) is 1.46. The van der Waals surface area contributed by atoms with Gasteiger partial charge in [-0.2, -0.15) is 8.42 Å². The Balaban J connectivity index is 1.67. The van der Waals surface area contributed by atoms with Crippen LogP contribution in [0.25, 0.3) is 10.8 Å². The van der Waals surface area contributed by atoms with Crippen LogP contribution in [-0.2, 0) is 16.5 Å². The highest BCUT2D eigenvalue weighted by molar-refractivity contribution is 7.86. The minimum Gasteiger partial charge on any atom is -0.282 e. The lowest BCUT2D eigenvalue weighted by atomic mass is 10.0. The number of hydrogen-bond acceptors (Lipinski definition) is 2. The molecule has 0 bridgehead atoms. The van der Waals surface area contributed by atoms with E-state index >= 15 is 0 Å². The largest absolute Gasteiger partial charge is 0.295 e. The van der Waals surface area contributed by atoms with Gasteiger partial charge in [-0.15, -0.1) is 0 Å². The third-order valence-electron chi connectivity index (χ3n) is 5.77. The quantitative estimate of drug-likeness (QED) is 0.238. The molecule has 2 aromatic carbocycles. The van der Waals surface area contributed by atoms with Gasteiger partial charge in [0.25, 0.3) is 10.1 Å². The van der Waals surface area contributed by atoms with Crippen molar-refractivity contribution >= 4 is 20.9 Å². The fourth-order valence-electron chi connectivity index (χ4n) is 4.12. The Bertz CT molecular complexity index is 827. The van der Waals surface area contributed by atoms with Crippen molar-refractivity contribution in [3.8, 4) is 0 Å². The number of aryl methyl sites for hydroxylation is 1. The lowest BCUT2D eigenvalue weighted by Gasteiger charge is -2.11. The number of hydrogen-bond donors (Lipinski definition) is 1. The molecule has 0 aliphatic carbocycles. The van der Waals surface area contributed by atoms with E-state index in [0.717, 1.165) is 23.8 Å². The minimum absolute atomic E-state index is 0.0922. The number of rotatable bonds is 15. The van der Waals surface area contributed by atoms with Crippen molar-refractivity contribution in [1.29, 1.82) is 0 Å². The Morgan fingerprint density at radius 3 is 1.76 bits per heavy atom. The Hall–Kier alpha value is -1.39. The first kappa shape index (κ1) is 23.9. The summed E-state index contributed by atoms with van der Waals surface area (Å²) in [5.41, 5.74) is 0.731. The number of fused-ring (bicyclic) bond motifs is 1. The van der Waals surface area contributed by atoms with Crippen molar-refractivity contribution in [2.75, 3.05) is 0 Å². The summed E-state index contributed by atoms with van der Waals surface area (Å²) >= 11 is 0. The molecule has 0 aliphatic heterocycles. The standard InChI is InChI=1S/C25H38O3S/c1-2-3-4-5-6-7-8-9-10-11-12-13-14-18-23-21-20-22-17-15-16-19-24(22)25(23)29(26,27)28/h15-17,19-21H,2-14,18H2,1H3,(H,26,27,28). The maximum atomic E-state index is 12.0. The van der Waals surface area contributed by atoms with Crippen LogP contribution in [-0.4, -0.2) is 13.0 Å². The van der Waals surface area contributed by atoms with E-state index < -0.39 is 10.1 Å². The van der Waals surface area contributed by atoms with Gasteiger partial charge in [0.15, 0.2) is 0 Å². The molecular formula is C25H38O3S. The molecule has 0 saturated carbocycles. The van der Waals surface area contributed by atoms with Crippen LogP contribution in [0.1, 0.15) is 96.0 Å². The van der Waals surface area contributed by atoms with Crippen LogP contribution >= 0.6 is 0 Å². The predicted octanol–water partition coefficient (Wildman–Crippen LogP) is 7.72. The number of unbranched alkanes of at least 4 members (excludes halogenated alkanes) is 12. The van der Waals surface area contributed by atoms with Crippen LogP contribution in [0.15, 0.2) is 41.3 Å². The molecule has 2 aromatic rings. The van der Waals surface area contributed by atoms with Crippen LogP contribution < -0.4 is 0 Å². The van der Waals surface area contributed by atoms with Gasteiger partial charge in [0.05, 0.1) is 0 Å². The molecule has 0 aromatic heterocycles.